The summed E-state index contributed by atoms with van der Waals surface area (Å²) >= 11 is 0. The smallest absolute Gasteiger partial charge is 0.419 e. The third-order valence-electron chi connectivity index (χ3n) is 7.07. The zero-order valence-corrected chi connectivity index (χ0v) is 24.0. The van der Waals surface area contributed by atoms with Gasteiger partial charge in [0.15, 0.2) is 0 Å². The molecule has 0 amide bonds. The molecule has 1 aliphatic heterocycles. The summed E-state index contributed by atoms with van der Waals surface area (Å²) < 4.78 is 93.3. The third kappa shape index (κ3) is 7.67. The second kappa shape index (κ2) is 13.7. The molecule has 232 valence electrons. The lowest BCUT2D eigenvalue weighted by atomic mass is 9.89. The fourth-order valence-electron chi connectivity index (χ4n) is 4.97. The average Bonchev–Trinajstić information content (AvgIpc) is 2.99. The van der Waals surface area contributed by atoms with Crippen LogP contribution in [0.5, 0.6) is 17.2 Å². The van der Waals surface area contributed by atoms with Crippen LogP contribution in [-0.4, -0.2) is 18.2 Å². The maximum absolute atomic E-state index is 13.6. The number of nitrogens with one attached hydrogen (secondary N) is 1. The quantitative estimate of drug-likeness (QED) is 0.190. The van der Waals surface area contributed by atoms with Gasteiger partial charge in [0.2, 0.25) is 0 Å². The summed E-state index contributed by atoms with van der Waals surface area (Å²) in [7, 11) is 0. The van der Waals surface area contributed by atoms with Gasteiger partial charge in [-0.05, 0) is 94.9 Å². The number of ether oxygens (including phenoxy) is 2. The molecule has 0 unspecified atom stereocenters. The molecule has 0 aliphatic carbocycles. The first kappa shape index (κ1) is 32.8. The molecule has 1 heterocycles. The SMILES string of the molecule is Cl.Oc1ccc(-c2cc(COc3ccccc3C(F)(F)F)c(C3=CCNCC3)cc2COc2ccccc2C(F)(F)F)cc1. The maximum atomic E-state index is 13.6. The lowest BCUT2D eigenvalue weighted by Gasteiger charge is -2.22. The van der Waals surface area contributed by atoms with Crippen LogP contribution in [0, 0.1) is 0 Å². The first-order valence-corrected chi connectivity index (χ1v) is 13.4. The van der Waals surface area contributed by atoms with Crippen molar-refractivity contribution in [1.29, 1.82) is 0 Å². The lowest BCUT2D eigenvalue weighted by Crippen LogP contribution is -2.20. The van der Waals surface area contributed by atoms with E-state index in [0.717, 1.165) is 17.7 Å². The molecule has 44 heavy (non-hydrogen) atoms. The van der Waals surface area contributed by atoms with E-state index in [9.17, 15) is 31.4 Å². The second-order valence-electron chi connectivity index (χ2n) is 9.96. The van der Waals surface area contributed by atoms with Crippen molar-refractivity contribution in [3.8, 4) is 28.4 Å². The molecule has 2 N–H and O–H groups in total. The van der Waals surface area contributed by atoms with Crippen LogP contribution in [0.25, 0.3) is 16.7 Å². The number of alkyl halides is 6. The number of hydrogen-bond donors (Lipinski definition) is 2. The van der Waals surface area contributed by atoms with Crippen LogP contribution in [0.3, 0.4) is 0 Å². The van der Waals surface area contributed by atoms with Gasteiger partial charge >= 0.3 is 12.4 Å². The molecule has 0 saturated heterocycles. The second-order valence-corrected chi connectivity index (χ2v) is 9.96. The minimum absolute atomic E-state index is 0. The van der Waals surface area contributed by atoms with Crippen LogP contribution < -0.4 is 14.8 Å². The summed E-state index contributed by atoms with van der Waals surface area (Å²) in [6.45, 7) is 0.834. The molecular formula is C33H28ClF6NO3. The Balaban J connectivity index is 0.00000442. The monoisotopic (exact) mass is 635 g/mol. The number of phenols is 1. The van der Waals surface area contributed by atoms with Crippen molar-refractivity contribution in [2.24, 2.45) is 0 Å². The third-order valence-corrected chi connectivity index (χ3v) is 7.07. The van der Waals surface area contributed by atoms with Gasteiger partial charge in [0.05, 0.1) is 11.1 Å². The van der Waals surface area contributed by atoms with Gasteiger partial charge in [-0.1, -0.05) is 42.5 Å². The van der Waals surface area contributed by atoms with E-state index in [1.165, 1.54) is 48.5 Å². The first-order valence-electron chi connectivity index (χ1n) is 13.4. The van der Waals surface area contributed by atoms with Crippen LogP contribution in [0.1, 0.15) is 34.2 Å². The van der Waals surface area contributed by atoms with Crippen LogP contribution in [-0.2, 0) is 25.6 Å². The number of aromatic hydroxyl groups is 1. The zero-order chi connectivity index (χ0) is 30.6. The number of benzene rings is 4. The van der Waals surface area contributed by atoms with E-state index in [4.69, 9.17) is 9.47 Å². The fourth-order valence-corrected chi connectivity index (χ4v) is 4.97. The molecular weight excluding hydrogens is 608 g/mol. The highest BCUT2D eigenvalue weighted by atomic mass is 35.5. The van der Waals surface area contributed by atoms with Gasteiger partial charge in [-0.2, -0.15) is 26.3 Å². The van der Waals surface area contributed by atoms with Crippen molar-refractivity contribution in [1.82, 2.24) is 5.32 Å². The summed E-state index contributed by atoms with van der Waals surface area (Å²) in [6.07, 6.45) is -6.63. The molecule has 0 spiro atoms. The Morgan fingerprint density at radius 1 is 0.682 bits per heavy atom. The van der Waals surface area contributed by atoms with Crippen LogP contribution >= 0.6 is 12.4 Å². The van der Waals surface area contributed by atoms with Crippen molar-refractivity contribution >= 4 is 18.0 Å². The van der Waals surface area contributed by atoms with Crippen molar-refractivity contribution in [2.75, 3.05) is 13.1 Å². The van der Waals surface area contributed by atoms with Gasteiger partial charge in [-0.25, -0.2) is 0 Å². The van der Waals surface area contributed by atoms with Gasteiger partial charge in [0, 0.05) is 6.54 Å². The molecule has 0 bridgehead atoms. The van der Waals surface area contributed by atoms with E-state index in [2.05, 4.69) is 5.32 Å². The van der Waals surface area contributed by atoms with E-state index < -0.39 is 23.5 Å². The van der Waals surface area contributed by atoms with E-state index in [-0.39, 0.29) is 42.9 Å². The molecule has 0 saturated carbocycles. The average molecular weight is 636 g/mol. The fraction of sp³-hybridized carbons (Fsp3) is 0.212. The van der Waals surface area contributed by atoms with Crippen molar-refractivity contribution in [3.63, 3.8) is 0 Å². The normalized spacial score (nSPS) is 13.5. The molecule has 4 aromatic rings. The van der Waals surface area contributed by atoms with E-state index >= 15 is 0 Å². The molecule has 11 heteroatoms. The van der Waals surface area contributed by atoms with Gasteiger partial charge < -0.3 is 19.9 Å². The minimum atomic E-state index is -4.62. The van der Waals surface area contributed by atoms with Gasteiger partial charge in [0.25, 0.3) is 0 Å². The van der Waals surface area contributed by atoms with E-state index in [1.54, 1.807) is 24.3 Å². The molecule has 5 rings (SSSR count). The van der Waals surface area contributed by atoms with Crippen molar-refractivity contribution in [2.45, 2.75) is 32.0 Å². The first-order chi connectivity index (χ1) is 20.5. The summed E-state index contributed by atoms with van der Waals surface area (Å²) in [6, 6.07) is 19.7. The van der Waals surface area contributed by atoms with E-state index in [0.29, 0.717) is 47.3 Å². The topological polar surface area (TPSA) is 50.7 Å². The van der Waals surface area contributed by atoms with Gasteiger partial charge in [-0.3, -0.25) is 0 Å². The molecule has 0 atom stereocenters. The number of rotatable bonds is 8. The highest BCUT2D eigenvalue weighted by Gasteiger charge is 2.35. The van der Waals surface area contributed by atoms with Crippen molar-refractivity contribution < 1.29 is 40.9 Å². The Hall–Kier alpha value is -4.15. The highest BCUT2D eigenvalue weighted by Crippen LogP contribution is 2.39. The molecule has 1 aliphatic rings. The van der Waals surface area contributed by atoms with Crippen LogP contribution in [0.4, 0.5) is 26.3 Å². The Bertz CT molecular complexity index is 1620. The Morgan fingerprint density at radius 3 is 1.68 bits per heavy atom. The maximum Gasteiger partial charge on any atom is 0.419 e. The van der Waals surface area contributed by atoms with Crippen LogP contribution in [0.2, 0.25) is 0 Å². The van der Waals surface area contributed by atoms with Gasteiger partial charge in [-0.15, -0.1) is 12.4 Å². The number of phenolic OH excluding ortho intramolecular Hbond substituents is 1. The Labute approximate surface area is 256 Å². The van der Waals surface area contributed by atoms with E-state index in [1.807, 2.05) is 6.08 Å². The largest absolute Gasteiger partial charge is 0.508 e. The van der Waals surface area contributed by atoms with Gasteiger partial charge in [0.1, 0.15) is 30.5 Å². The predicted octanol–water partition coefficient (Wildman–Crippen LogP) is 9.05. The Kier molecular flexibility index (Phi) is 10.2. The van der Waals surface area contributed by atoms with Crippen molar-refractivity contribution in [3.05, 3.63) is 119 Å². The lowest BCUT2D eigenvalue weighted by molar-refractivity contribution is -0.139. The summed E-state index contributed by atoms with van der Waals surface area (Å²) in [5.41, 5.74) is 2.17. The molecule has 4 aromatic carbocycles. The predicted molar refractivity (Wildman–Crippen MR) is 158 cm³/mol. The highest BCUT2D eigenvalue weighted by molar-refractivity contribution is 5.85. The standard InChI is InChI=1S/C33H27F6NO3.ClH/c34-32(35,36)28-5-1-3-7-30(28)42-19-23-18-27(22-13-15-40-16-14-22)24(17-26(23)21-9-11-25(41)12-10-21)20-43-31-8-4-2-6-29(31)33(37,38)39;/h1-13,17-18,40-41H,14-16,19-20H2;1H. The summed E-state index contributed by atoms with van der Waals surface area (Å²) in [5, 5.41) is 13.1. The Morgan fingerprint density at radius 2 is 1.18 bits per heavy atom. The summed E-state index contributed by atoms with van der Waals surface area (Å²) in [5.74, 6) is -0.627. The minimum Gasteiger partial charge on any atom is -0.508 e. The number of hydrogen-bond acceptors (Lipinski definition) is 4. The molecule has 0 fully saturated rings. The number of halogens is 7. The van der Waals surface area contributed by atoms with Crippen LogP contribution in [0.15, 0.2) is 91.0 Å². The number of para-hydroxylation sites is 2. The molecule has 0 radical (unpaired) electrons. The molecule has 4 nitrogen and oxygen atoms in total. The zero-order valence-electron chi connectivity index (χ0n) is 23.1. The molecule has 0 aromatic heterocycles. The summed E-state index contributed by atoms with van der Waals surface area (Å²) in [4.78, 5) is 0.